The molecular weight excluding hydrogens is 336 g/mol. The van der Waals surface area contributed by atoms with Crippen LogP contribution in [0.4, 0.5) is 4.79 Å². The number of amides is 2. The molecule has 0 aliphatic carbocycles. The van der Waals surface area contributed by atoms with Crippen molar-refractivity contribution < 1.29 is 22.7 Å². The van der Waals surface area contributed by atoms with Crippen LogP contribution in [0.1, 0.15) is 0 Å². The van der Waals surface area contributed by atoms with Gasteiger partial charge in [0.1, 0.15) is 5.75 Å². The van der Waals surface area contributed by atoms with Gasteiger partial charge in [-0.2, -0.15) is 4.31 Å². The van der Waals surface area contributed by atoms with Gasteiger partial charge in [-0.15, -0.1) is 0 Å². The highest BCUT2D eigenvalue weighted by atomic mass is 32.2. The fraction of sp³-hybridized carbons (Fsp3) is 0.429. The number of nitrogens with one attached hydrogen (secondary N) is 1. The molecule has 1 unspecified atom stereocenters. The van der Waals surface area contributed by atoms with Gasteiger partial charge in [-0.3, -0.25) is 9.69 Å². The molecule has 24 heavy (non-hydrogen) atoms. The van der Waals surface area contributed by atoms with Gasteiger partial charge in [0.05, 0.1) is 6.26 Å². The Morgan fingerprint density at radius 3 is 2.54 bits per heavy atom. The van der Waals surface area contributed by atoms with Gasteiger partial charge in [-0.25, -0.2) is 13.2 Å². The maximum Gasteiger partial charge on any atom is 0.417 e. The third-order valence-corrected chi connectivity index (χ3v) is 4.65. The fourth-order valence-corrected chi connectivity index (χ4v) is 3.34. The maximum atomic E-state index is 12.4. The van der Waals surface area contributed by atoms with Crippen molar-refractivity contribution in [1.82, 2.24) is 14.5 Å². The third kappa shape index (κ3) is 4.22. The highest BCUT2D eigenvalue weighted by Gasteiger charge is 2.45. The second-order valence-corrected chi connectivity index (χ2v) is 7.14. The van der Waals surface area contributed by atoms with Crippen LogP contribution in [0.25, 0.3) is 0 Å². The smallest absolute Gasteiger partial charge is 0.410 e. The highest BCUT2D eigenvalue weighted by Crippen LogP contribution is 2.20. The van der Waals surface area contributed by atoms with Gasteiger partial charge in [-0.1, -0.05) is 18.2 Å². The number of benzene rings is 1. The Hall–Kier alpha value is -2.17. The number of hydrogen-bond acceptors (Lipinski definition) is 6. The Morgan fingerprint density at radius 2 is 1.96 bits per heavy atom. The van der Waals surface area contributed by atoms with Gasteiger partial charge < -0.3 is 15.8 Å². The Bertz CT molecular complexity index is 694. The molecule has 1 saturated heterocycles. The molecule has 0 saturated carbocycles. The summed E-state index contributed by atoms with van der Waals surface area (Å²) in [5.41, 5.74) is 5.34. The molecule has 1 fully saturated rings. The van der Waals surface area contributed by atoms with Crippen molar-refractivity contribution in [2.75, 3.05) is 32.4 Å². The zero-order valence-electron chi connectivity index (χ0n) is 13.2. The molecule has 0 spiro atoms. The molecule has 1 aliphatic heterocycles. The zero-order chi connectivity index (χ0) is 17.7. The lowest BCUT2D eigenvalue weighted by Crippen LogP contribution is -2.54. The molecular formula is C14H20N4O5S. The standard InChI is InChI=1S/C14H20N4O5S/c1-24(21,22)18-10-9-17(13(18)12(19)16-8-7-15)14(20)23-11-5-3-2-4-6-11/h2-6,13H,7-10,15H2,1H3,(H,16,19). The Morgan fingerprint density at radius 1 is 1.29 bits per heavy atom. The van der Waals surface area contributed by atoms with Crippen molar-refractivity contribution in [3.05, 3.63) is 30.3 Å². The highest BCUT2D eigenvalue weighted by molar-refractivity contribution is 7.88. The van der Waals surface area contributed by atoms with E-state index in [-0.39, 0.29) is 26.2 Å². The molecule has 2 rings (SSSR count). The number of nitrogens with two attached hydrogens (primary N) is 1. The molecule has 1 aromatic carbocycles. The lowest BCUT2D eigenvalue weighted by molar-refractivity contribution is -0.127. The van der Waals surface area contributed by atoms with Gasteiger partial charge >= 0.3 is 6.09 Å². The van der Waals surface area contributed by atoms with E-state index in [1.807, 2.05) is 0 Å². The summed E-state index contributed by atoms with van der Waals surface area (Å²) in [6.45, 7) is 0.448. The van der Waals surface area contributed by atoms with Crippen molar-refractivity contribution >= 4 is 22.0 Å². The van der Waals surface area contributed by atoms with Crippen molar-refractivity contribution in [3.63, 3.8) is 0 Å². The van der Waals surface area contributed by atoms with E-state index in [9.17, 15) is 18.0 Å². The summed E-state index contributed by atoms with van der Waals surface area (Å²) in [6, 6.07) is 8.33. The van der Waals surface area contributed by atoms with E-state index >= 15 is 0 Å². The minimum absolute atomic E-state index is 0.0173. The summed E-state index contributed by atoms with van der Waals surface area (Å²) in [4.78, 5) is 25.7. The van der Waals surface area contributed by atoms with E-state index in [0.717, 1.165) is 15.5 Å². The number of carbonyl (C=O) groups is 2. The molecule has 0 bridgehead atoms. The van der Waals surface area contributed by atoms with Crippen LogP contribution in [-0.4, -0.2) is 68.2 Å². The third-order valence-electron chi connectivity index (χ3n) is 3.42. The predicted octanol–water partition coefficient (Wildman–Crippen LogP) is -0.836. The molecule has 2 amide bonds. The molecule has 10 heteroatoms. The Kier molecular flexibility index (Phi) is 5.75. The van der Waals surface area contributed by atoms with E-state index < -0.39 is 28.2 Å². The molecule has 3 N–H and O–H groups in total. The first kappa shape index (κ1) is 18.2. The number of hydrogen-bond donors (Lipinski definition) is 2. The van der Waals surface area contributed by atoms with Gasteiger partial charge in [-0.05, 0) is 12.1 Å². The number of rotatable bonds is 5. The van der Waals surface area contributed by atoms with Crippen LogP contribution < -0.4 is 15.8 Å². The summed E-state index contributed by atoms with van der Waals surface area (Å²) < 4.78 is 30.0. The van der Waals surface area contributed by atoms with Crippen molar-refractivity contribution in [2.24, 2.45) is 5.73 Å². The number of sulfonamides is 1. The van der Waals surface area contributed by atoms with Crippen LogP contribution >= 0.6 is 0 Å². The average molecular weight is 356 g/mol. The van der Waals surface area contributed by atoms with E-state index in [1.54, 1.807) is 30.3 Å². The molecule has 1 heterocycles. The molecule has 0 radical (unpaired) electrons. The topological polar surface area (TPSA) is 122 Å². The number of carbonyl (C=O) groups excluding carboxylic acids is 2. The quantitative estimate of drug-likeness (QED) is 0.710. The summed E-state index contributed by atoms with van der Waals surface area (Å²) in [5.74, 6) is -0.310. The predicted molar refractivity (Wildman–Crippen MR) is 86.6 cm³/mol. The van der Waals surface area contributed by atoms with Crippen LogP contribution in [0.2, 0.25) is 0 Å². The van der Waals surface area contributed by atoms with Crippen LogP contribution in [0.3, 0.4) is 0 Å². The fourth-order valence-electron chi connectivity index (χ4n) is 2.35. The van der Waals surface area contributed by atoms with E-state index in [0.29, 0.717) is 5.75 Å². The minimum Gasteiger partial charge on any atom is -0.410 e. The molecule has 0 aromatic heterocycles. The number of ether oxygens (including phenoxy) is 1. The first-order valence-corrected chi connectivity index (χ1v) is 9.17. The first-order valence-electron chi connectivity index (χ1n) is 7.32. The molecule has 9 nitrogen and oxygen atoms in total. The number of para-hydroxylation sites is 1. The molecule has 1 aromatic rings. The van der Waals surface area contributed by atoms with Gasteiger partial charge in [0, 0.05) is 26.2 Å². The van der Waals surface area contributed by atoms with Crippen molar-refractivity contribution in [1.29, 1.82) is 0 Å². The molecule has 1 aliphatic rings. The lowest BCUT2D eigenvalue weighted by atomic mass is 10.3. The van der Waals surface area contributed by atoms with Gasteiger partial charge in [0.15, 0.2) is 6.17 Å². The monoisotopic (exact) mass is 356 g/mol. The summed E-state index contributed by atoms with van der Waals surface area (Å²) in [7, 11) is -3.67. The van der Waals surface area contributed by atoms with E-state index in [1.165, 1.54) is 0 Å². The van der Waals surface area contributed by atoms with E-state index in [2.05, 4.69) is 5.32 Å². The summed E-state index contributed by atoms with van der Waals surface area (Å²) >= 11 is 0. The van der Waals surface area contributed by atoms with Crippen LogP contribution in [-0.2, 0) is 14.8 Å². The van der Waals surface area contributed by atoms with Crippen LogP contribution in [0.5, 0.6) is 5.75 Å². The van der Waals surface area contributed by atoms with Crippen molar-refractivity contribution in [2.45, 2.75) is 6.17 Å². The van der Waals surface area contributed by atoms with Crippen molar-refractivity contribution in [3.8, 4) is 5.75 Å². The first-order chi connectivity index (χ1) is 11.3. The van der Waals surface area contributed by atoms with Gasteiger partial charge in [0.25, 0.3) is 5.91 Å². The van der Waals surface area contributed by atoms with Crippen LogP contribution in [0, 0.1) is 0 Å². The SMILES string of the molecule is CS(=O)(=O)N1CCN(C(=O)Oc2ccccc2)C1C(=O)NCCN. The second-order valence-electron chi connectivity index (χ2n) is 5.20. The average Bonchev–Trinajstić information content (AvgIpc) is 2.99. The maximum absolute atomic E-state index is 12.4. The Balaban J connectivity index is 2.20. The van der Waals surface area contributed by atoms with Gasteiger partial charge in [0.2, 0.25) is 10.0 Å². The van der Waals surface area contributed by atoms with E-state index in [4.69, 9.17) is 10.5 Å². The second kappa shape index (κ2) is 7.60. The molecule has 1 atom stereocenters. The Labute approximate surface area is 140 Å². The zero-order valence-corrected chi connectivity index (χ0v) is 14.0. The van der Waals surface area contributed by atoms with Crippen LogP contribution in [0.15, 0.2) is 30.3 Å². The normalized spacial score (nSPS) is 18.4. The summed E-state index contributed by atoms with van der Waals surface area (Å²) in [6.07, 6.45) is -1.09. The lowest BCUT2D eigenvalue weighted by Gasteiger charge is -2.27. The molecule has 132 valence electrons. The largest absolute Gasteiger partial charge is 0.417 e. The minimum atomic E-state index is -3.67. The summed E-state index contributed by atoms with van der Waals surface area (Å²) in [5, 5.41) is 2.51. The number of nitrogens with zero attached hydrogens (tertiary/aromatic N) is 2.